The molecule has 0 saturated heterocycles. The zero-order chi connectivity index (χ0) is 18.5. The van der Waals surface area contributed by atoms with Crippen LogP contribution < -0.4 is 4.74 Å². The van der Waals surface area contributed by atoms with Gasteiger partial charge in [0.2, 0.25) is 11.7 Å². The molecule has 0 N–H and O–H groups in total. The van der Waals surface area contributed by atoms with E-state index in [-0.39, 0.29) is 12.5 Å². The van der Waals surface area contributed by atoms with Gasteiger partial charge in [0, 0.05) is 7.05 Å². The summed E-state index contributed by atoms with van der Waals surface area (Å²) in [6, 6.07) is 11.5. The SMILES string of the molecule is CCC(Oc1cccc(C)c1)C(=O)N(C)Cc1nc(-c2cccs2)no1. The summed E-state index contributed by atoms with van der Waals surface area (Å²) in [6.07, 6.45) is 0.0166. The quantitative estimate of drug-likeness (QED) is 0.630. The molecule has 7 heteroatoms. The van der Waals surface area contributed by atoms with Crippen LogP contribution in [0.15, 0.2) is 46.3 Å². The van der Waals surface area contributed by atoms with Gasteiger partial charge in [-0.1, -0.05) is 30.3 Å². The van der Waals surface area contributed by atoms with Crippen molar-refractivity contribution in [3.05, 3.63) is 53.2 Å². The predicted octanol–water partition coefficient (Wildman–Crippen LogP) is 3.92. The van der Waals surface area contributed by atoms with Crippen LogP contribution in [0.4, 0.5) is 0 Å². The normalized spacial score (nSPS) is 12.0. The van der Waals surface area contributed by atoms with Gasteiger partial charge in [0.05, 0.1) is 11.4 Å². The van der Waals surface area contributed by atoms with E-state index in [1.165, 1.54) is 11.3 Å². The van der Waals surface area contributed by atoms with Gasteiger partial charge in [0.25, 0.3) is 5.91 Å². The number of thiophene rings is 1. The number of nitrogens with zero attached hydrogens (tertiary/aromatic N) is 3. The molecule has 2 heterocycles. The third-order valence-corrected chi connectivity index (χ3v) is 4.74. The monoisotopic (exact) mass is 371 g/mol. The Morgan fingerprint density at radius 2 is 2.19 bits per heavy atom. The average molecular weight is 371 g/mol. The van der Waals surface area contributed by atoms with Crippen molar-refractivity contribution in [2.45, 2.75) is 32.9 Å². The third kappa shape index (κ3) is 4.29. The van der Waals surface area contributed by atoms with E-state index in [1.807, 2.05) is 55.6 Å². The van der Waals surface area contributed by atoms with Crippen LogP contribution in [0.1, 0.15) is 24.8 Å². The first-order valence-corrected chi connectivity index (χ1v) is 9.29. The molecule has 0 aliphatic rings. The Bertz CT molecular complexity index is 861. The molecule has 1 aromatic carbocycles. The Morgan fingerprint density at radius 1 is 1.35 bits per heavy atom. The van der Waals surface area contributed by atoms with Crippen molar-refractivity contribution in [1.82, 2.24) is 15.0 Å². The number of rotatable bonds is 7. The summed E-state index contributed by atoms with van der Waals surface area (Å²) >= 11 is 1.54. The fourth-order valence-electron chi connectivity index (χ4n) is 2.51. The number of carbonyl (C=O) groups excluding carboxylic acids is 1. The summed E-state index contributed by atoms with van der Waals surface area (Å²) in [5.74, 6) is 1.51. The van der Waals surface area contributed by atoms with Crippen molar-refractivity contribution in [2.24, 2.45) is 0 Å². The minimum atomic E-state index is -0.554. The molecule has 0 aliphatic heterocycles. The molecular formula is C19H21N3O3S. The van der Waals surface area contributed by atoms with Gasteiger partial charge in [-0.05, 0) is 42.5 Å². The Balaban J connectivity index is 1.64. The molecule has 3 aromatic rings. The smallest absolute Gasteiger partial charge is 0.263 e. The first kappa shape index (κ1) is 18.1. The molecule has 0 fully saturated rings. The van der Waals surface area contributed by atoms with Gasteiger partial charge in [-0.25, -0.2) is 0 Å². The third-order valence-electron chi connectivity index (χ3n) is 3.87. The van der Waals surface area contributed by atoms with Crippen LogP contribution in [0.5, 0.6) is 5.75 Å². The van der Waals surface area contributed by atoms with Gasteiger partial charge < -0.3 is 14.2 Å². The maximum absolute atomic E-state index is 12.7. The van der Waals surface area contributed by atoms with Crippen molar-refractivity contribution in [1.29, 1.82) is 0 Å². The lowest BCUT2D eigenvalue weighted by Gasteiger charge is -2.22. The molecule has 6 nitrogen and oxygen atoms in total. The second-order valence-corrected chi connectivity index (χ2v) is 6.96. The van der Waals surface area contributed by atoms with Crippen LogP contribution in [0.2, 0.25) is 0 Å². The molecule has 1 atom stereocenters. The number of aromatic nitrogens is 2. The molecule has 1 amide bonds. The van der Waals surface area contributed by atoms with Crippen molar-refractivity contribution in [2.75, 3.05) is 7.05 Å². The average Bonchev–Trinajstić information content (AvgIpc) is 3.30. The Morgan fingerprint density at radius 3 is 2.88 bits per heavy atom. The Kier molecular flexibility index (Phi) is 5.68. The summed E-state index contributed by atoms with van der Waals surface area (Å²) in [6.45, 7) is 4.15. The fraction of sp³-hybridized carbons (Fsp3) is 0.316. The van der Waals surface area contributed by atoms with Gasteiger partial charge in [-0.3, -0.25) is 4.79 Å². The molecule has 0 saturated carbocycles. The second-order valence-electron chi connectivity index (χ2n) is 6.01. The summed E-state index contributed by atoms with van der Waals surface area (Å²) in [5.41, 5.74) is 1.09. The molecule has 0 bridgehead atoms. The van der Waals surface area contributed by atoms with Crippen LogP contribution in [0, 0.1) is 6.92 Å². The highest BCUT2D eigenvalue weighted by atomic mass is 32.1. The number of hydrogen-bond acceptors (Lipinski definition) is 6. The van der Waals surface area contributed by atoms with Crippen molar-refractivity contribution >= 4 is 17.2 Å². The molecule has 3 rings (SSSR count). The second kappa shape index (κ2) is 8.14. The molecule has 0 aliphatic carbocycles. The van der Waals surface area contributed by atoms with E-state index in [4.69, 9.17) is 9.26 Å². The van der Waals surface area contributed by atoms with Gasteiger partial charge in [-0.2, -0.15) is 4.98 Å². The molecular weight excluding hydrogens is 350 g/mol. The largest absolute Gasteiger partial charge is 0.481 e. The van der Waals surface area contributed by atoms with Crippen LogP contribution in [0.3, 0.4) is 0 Å². The van der Waals surface area contributed by atoms with E-state index in [9.17, 15) is 4.79 Å². The topological polar surface area (TPSA) is 68.5 Å². The van der Waals surface area contributed by atoms with Crippen molar-refractivity contribution in [3.63, 3.8) is 0 Å². The van der Waals surface area contributed by atoms with Crippen LogP contribution in [0.25, 0.3) is 10.7 Å². The highest BCUT2D eigenvalue weighted by molar-refractivity contribution is 7.13. The fourth-order valence-corrected chi connectivity index (χ4v) is 3.16. The van der Waals surface area contributed by atoms with Crippen LogP contribution in [-0.2, 0) is 11.3 Å². The summed E-state index contributed by atoms with van der Waals surface area (Å²) in [5, 5.41) is 5.92. The summed E-state index contributed by atoms with van der Waals surface area (Å²) < 4.78 is 11.1. The Hall–Kier alpha value is -2.67. The lowest BCUT2D eigenvalue weighted by Crippen LogP contribution is -2.39. The first-order chi connectivity index (χ1) is 12.6. The van der Waals surface area contributed by atoms with Gasteiger partial charge in [0.15, 0.2) is 6.10 Å². The predicted molar refractivity (Wildman–Crippen MR) is 100.0 cm³/mol. The lowest BCUT2D eigenvalue weighted by atomic mass is 10.2. The van der Waals surface area contributed by atoms with E-state index >= 15 is 0 Å². The number of ether oxygens (including phenoxy) is 1. The number of amides is 1. The molecule has 1 unspecified atom stereocenters. The van der Waals surface area contributed by atoms with E-state index in [0.29, 0.717) is 23.9 Å². The van der Waals surface area contributed by atoms with E-state index in [2.05, 4.69) is 10.1 Å². The van der Waals surface area contributed by atoms with Crippen LogP contribution in [-0.4, -0.2) is 34.1 Å². The van der Waals surface area contributed by atoms with Crippen LogP contribution >= 0.6 is 11.3 Å². The first-order valence-electron chi connectivity index (χ1n) is 8.41. The summed E-state index contributed by atoms with van der Waals surface area (Å²) in [4.78, 5) is 19.6. The number of benzene rings is 1. The van der Waals surface area contributed by atoms with Crippen molar-refractivity contribution in [3.8, 4) is 16.5 Å². The molecule has 0 spiro atoms. The highest BCUT2D eigenvalue weighted by Gasteiger charge is 2.24. The zero-order valence-corrected chi connectivity index (χ0v) is 15.8. The number of hydrogen-bond donors (Lipinski definition) is 0. The minimum absolute atomic E-state index is 0.120. The maximum atomic E-state index is 12.7. The van der Waals surface area contributed by atoms with Gasteiger partial charge in [-0.15, -0.1) is 11.3 Å². The van der Waals surface area contributed by atoms with Crippen molar-refractivity contribution < 1.29 is 14.1 Å². The molecule has 0 radical (unpaired) electrons. The minimum Gasteiger partial charge on any atom is -0.481 e. The number of likely N-dealkylation sites (N-methyl/N-ethyl adjacent to an activating group) is 1. The van der Waals surface area contributed by atoms with Gasteiger partial charge >= 0.3 is 0 Å². The molecule has 2 aromatic heterocycles. The molecule has 26 heavy (non-hydrogen) atoms. The maximum Gasteiger partial charge on any atom is 0.263 e. The zero-order valence-electron chi connectivity index (χ0n) is 15.0. The number of aryl methyl sites for hydroxylation is 1. The van der Waals surface area contributed by atoms with Gasteiger partial charge in [0.1, 0.15) is 5.75 Å². The number of carbonyl (C=O) groups is 1. The standard InChI is InChI=1S/C19H21N3O3S/c1-4-15(24-14-8-5-7-13(2)11-14)19(23)22(3)12-17-20-18(21-25-17)16-9-6-10-26-16/h5-11,15H,4,12H2,1-3H3. The molecule has 136 valence electrons. The van der Waals surface area contributed by atoms with E-state index < -0.39 is 6.10 Å². The summed E-state index contributed by atoms with van der Waals surface area (Å²) in [7, 11) is 1.71. The van der Waals surface area contributed by atoms with E-state index in [1.54, 1.807) is 11.9 Å². The van der Waals surface area contributed by atoms with E-state index in [0.717, 1.165) is 10.4 Å². The Labute approximate surface area is 156 Å². The lowest BCUT2D eigenvalue weighted by molar-refractivity contribution is -0.138. The highest BCUT2D eigenvalue weighted by Crippen LogP contribution is 2.22.